The van der Waals surface area contributed by atoms with Gasteiger partial charge in [0.25, 0.3) is 0 Å². The summed E-state index contributed by atoms with van der Waals surface area (Å²) in [5.74, 6) is 0. The van der Waals surface area contributed by atoms with Gasteiger partial charge in [-0.15, -0.1) is 0 Å². The predicted octanol–water partition coefficient (Wildman–Crippen LogP) is 17.9. The Morgan fingerprint density at radius 2 is 0.786 bits per heavy atom. The van der Waals surface area contributed by atoms with Crippen LogP contribution in [0.4, 0.5) is 17.1 Å². The van der Waals surface area contributed by atoms with Crippen LogP contribution in [0.1, 0.15) is 22.3 Å². The molecule has 1 aliphatic rings. The fourth-order valence-electron chi connectivity index (χ4n) is 11.0. The molecule has 70 heavy (non-hydrogen) atoms. The molecule has 0 saturated heterocycles. The highest BCUT2D eigenvalue weighted by atomic mass is 15.1. The molecule has 0 fully saturated rings. The van der Waals surface area contributed by atoms with Gasteiger partial charge in [-0.2, -0.15) is 0 Å². The van der Waals surface area contributed by atoms with Crippen LogP contribution in [0.3, 0.4) is 0 Å². The Bertz CT molecular complexity index is 3800. The summed E-state index contributed by atoms with van der Waals surface area (Å²) in [4.78, 5) is 7.68. The van der Waals surface area contributed by atoms with E-state index in [0.29, 0.717) is 0 Å². The summed E-state index contributed by atoms with van der Waals surface area (Å²) in [5, 5.41) is 3.63. The van der Waals surface area contributed by atoms with Crippen LogP contribution in [0, 0.1) is 0 Å². The molecule has 328 valence electrons. The largest absolute Gasteiger partial charge is 0.310 e. The average Bonchev–Trinajstić information content (AvgIpc) is 3.74. The van der Waals surface area contributed by atoms with Gasteiger partial charge in [0.2, 0.25) is 0 Å². The number of hydrogen-bond acceptors (Lipinski definition) is 2. The first-order valence-electron chi connectivity index (χ1n) is 24.1. The lowest BCUT2D eigenvalue weighted by molar-refractivity contribution is 0.768. The van der Waals surface area contributed by atoms with Gasteiger partial charge >= 0.3 is 0 Å². The van der Waals surface area contributed by atoms with E-state index < -0.39 is 5.41 Å². The predicted molar refractivity (Wildman–Crippen MR) is 293 cm³/mol. The topological polar surface area (TPSA) is 16.1 Å². The van der Waals surface area contributed by atoms with E-state index in [4.69, 9.17) is 4.98 Å². The summed E-state index contributed by atoms with van der Waals surface area (Å²) in [6.45, 7) is 0. The highest BCUT2D eigenvalue weighted by Gasteiger charge is 2.46. The lowest BCUT2D eigenvalue weighted by Crippen LogP contribution is -2.28. The van der Waals surface area contributed by atoms with Gasteiger partial charge in [-0.25, -0.2) is 4.98 Å². The summed E-state index contributed by atoms with van der Waals surface area (Å²) in [7, 11) is 0. The van der Waals surface area contributed by atoms with Gasteiger partial charge in [0.15, 0.2) is 0 Å². The van der Waals surface area contributed by atoms with E-state index in [1.54, 1.807) is 0 Å². The zero-order chi connectivity index (χ0) is 46.4. The van der Waals surface area contributed by atoms with Crippen LogP contribution in [-0.2, 0) is 5.41 Å². The lowest BCUT2D eigenvalue weighted by Gasteiger charge is -2.35. The van der Waals surface area contributed by atoms with Crippen molar-refractivity contribution in [1.29, 1.82) is 0 Å². The second-order valence-electron chi connectivity index (χ2n) is 18.3. The molecule has 11 aromatic carbocycles. The number of nitrogens with zero attached hydrogens (tertiary/aromatic N) is 2. The maximum Gasteiger partial charge on any atom is 0.0715 e. The molecule has 0 radical (unpaired) electrons. The van der Waals surface area contributed by atoms with Crippen molar-refractivity contribution in [3.63, 3.8) is 0 Å². The van der Waals surface area contributed by atoms with Crippen molar-refractivity contribution in [2.75, 3.05) is 4.90 Å². The number of benzene rings is 11. The third-order valence-corrected chi connectivity index (χ3v) is 14.3. The molecule has 1 aromatic heterocycles. The Kier molecular flexibility index (Phi) is 10.1. The van der Waals surface area contributed by atoms with Crippen molar-refractivity contribution in [2.24, 2.45) is 0 Å². The summed E-state index contributed by atoms with van der Waals surface area (Å²) in [5.41, 5.74) is 20.3. The minimum Gasteiger partial charge on any atom is -0.310 e. The molecule has 1 aliphatic carbocycles. The number of rotatable bonds is 9. The first-order chi connectivity index (χ1) is 34.7. The van der Waals surface area contributed by atoms with Crippen LogP contribution >= 0.6 is 0 Å². The van der Waals surface area contributed by atoms with Gasteiger partial charge < -0.3 is 4.90 Å². The molecule has 0 unspecified atom stereocenters. The molecule has 0 spiro atoms. The standard InChI is InChI=1S/C68H46N2/c1-4-16-47(17-5-1)49-34-38-57(39-35-49)70(59-42-43-61-60-24-12-14-26-64(60)68(65(61)45-59,55-20-6-2-7-21-55)56-22-8-3-9-23-56)58-40-36-52(37-41-58)67-46-63(62-25-13-15-27-66(62)69-67)51-31-28-50(29-32-51)54-33-30-48-18-10-11-19-53(48)44-54/h1-46H. The van der Waals surface area contributed by atoms with E-state index in [9.17, 15) is 0 Å². The van der Waals surface area contributed by atoms with Crippen LogP contribution in [0.5, 0.6) is 0 Å². The minimum atomic E-state index is -0.520. The minimum absolute atomic E-state index is 0.520. The maximum atomic E-state index is 5.27. The molecule has 0 bridgehead atoms. The van der Waals surface area contributed by atoms with E-state index in [2.05, 4.69) is 284 Å². The van der Waals surface area contributed by atoms with Gasteiger partial charge in [0.05, 0.1) is 16.6 Å². The summed E-state index contributed by atoms with van der Waals surface area (Å²) >= 11 is 0. The SMILES string of the molecule is c1ccc(-c2ccc(N(c3ccc(-c4cc(-c5ccc(-c6ccc7ccccc7c6)cc5)c5ccccc5n4)cc3)c3ccc4c(c3)C(c3ccccc3)(c3ccccc3)c3ccccc3-4)cc2)cc1. The van der Waals surface area contributed by atoms with Crippen molar-refractivity contribution in [3.8, 4) is 55.8 Å². The van der Waals surface area contributed by atoms with Crippen molar-refractivity contribution in [2.45, 2.75) is 5.41 Å². The number of hydrogen-bond donors (Lipinski definition) is 0. The maximum absolute atomic E-state index is 5.27. The number of anilines is 3. The molecule has 1 heterocycles. The second-order valence-corrected chi connectivity index (χ2v) is 18.3. The van der Waals surface area contributed by atoms with Gasteiger partial charge in [0, 0.05) is 28.0 Å². The van der Waals surface area contributed by atoms with E-state index in [-0.39, 0.29) is 0 Å². The van der Waals surface area contributed by atoms with Gasteiger partial charge in [-0.1, -0.05) is 224 Å². The van der Waals surface area contributed by atoms with Crippen LogP contribution < -0.4 is 4.90 Å². The monoisotopic (exact) mass is 890 g/mol. The summed E-state index contributed by atoms with van der Waals surface area (Å²) in [6, 6.07) is 102. The van der Waals surface area contributed by atoms with E-state index in [1.807, 2.05) is 0 Å². The van der Waals surface area contributed by atoms with Crippen LogP contribution in [0.2, 0.25) is 0 Å². The first-order valence-corrected chi connectivity index (χ1v) is 24.1. The summed E-state index contributed by atoms with van der Waals surface area (Å²) < 4.78 is 0. The van der Waals surface area contributed by atoms with Crippen molar-refractivity contribution in [3.05, 3.63) is 301 Å². The van der Waals surface area contributed by atoms with Crippen molar-refractivity contribution >= 4 is 38.7 Å². The molecule has 2 heteroatoms. The highest BCUT2D eigenvalue weighted by molar-refractivity contribution is 5.98. The highest BCUT2D eigenvalue weighted by Crippen LogP contribution is 2.57. The Hall–Kier alpha value is -9.11. The molecule has 13 rings (SSSR count). The average molecular weight is 891 g/mol. The quantitative estimate of drug-likeness (QED) is 0.144. The molecule has 2 nitrogen and oxygen atoms in total. The third kappa shape index (κ3) is 7.00. The Morgan fingerprint density at radius 1 is 0.286 bits per heavy atom. The Labute approximate surface area is 409 Å². The van der Waals surface area contributed by atoms with Crippen LogP contribution in [0.25, 0.3) is 77.4 Å². The van der Waals surface area contributed by atoms with Gasteiger partial charge in [-0.3, -0.25) is 0 Å². The second kappa shape index (κ2) is 17.2. The first kappa shape index (κ1) is 41.1. The Balaban J connectivity index is 0.926. The Morgan fingerprint density at radius 3 is 1.50 bits per heavy atom. The molecule has 0 N–H and O–H groups in total. The van der Waals surface area contributed by atoms with Crippen molar-refractivity contribution < 1.29 is 0 Å². The van der Waals surface area contributed by atoms with Crippen LogP contribution in [-0.4, -0.2) is 4.98 Å². The van der Waals surface area contributed by atoms with E-state index >= 15 is 0 Å². The fourth-order valence-corrected chi connectivity index (χ4v) is 11.0. The van der Waals surface area contributed by atoms with Gasteiger partial charge in [0.1, 0.15) is 0 Å². The van der Waals surface area contributed by atoms with Gasteiger partial charge in [-0.05, 0) is 132 Å². The van der Waals surface area contributed by atoms with E-state index in [1.165, 1.54) is 66.4 Å². The smallest absolute Gasteiger partial charge is 0.0715 e. The molecule has 12 aromatic rings. The lowest BCUT2D eigenvalue weighted by atomic mass is 9.67. The zero-order valence-corrected chi connectivity index (χ0v) is 38.5. The number of aromatic nitrogens is 1. The number of pyridine rings is 1. The molecular weight excluding hydrogens is 845 g/mol. The third-order valence-electron chi connectivity index (χ3n) is 14.3. The van der Waals surface area contributed by atoms with Crippen LogP contribution in [0.15, 0.2) is 279 Å². The molecule has 0 amide bonds. The van der Waals surface area contributed by atoms with E-state index in [0.717, 1.165) is 50.3 Å². The normalized spacial score (nSPS) is 12.4. The molecule has 0 aliphatic heterocycles. The summed E-state index contributed by atoms with van der Waals surface area (Å²) in [6.07, 6.45) is 0. The zero-order valence-electron chi connectivity index (χ0n) is 38.5. The van der Waals surface area contributed by atoms with Crippen molar-refractivity contribution in [1.82, 2.24) is 4.98 Å². The molecule has 0 saturated carbocycles. The molecule has 0 atom stereocenters. The fraction of sp³-hybridized carbons (Fsp3) is 0.0147. The number of fused-ring (bicyclic) bond motifs is 5. The molecular formula is C68H46N2. The number of para-hydroxylation sites is 1.